The highest BCUT2D eigenvalue weighted by Gasteiger charge is 2.12. The van der Waals surface area contributed by atoms with E-state index in [4.69, 9.17) is 4.74 Å². The van der Waals surface area contributed by atoms with Crippen LogP contribution in [0.3, 0.4) is 0 Å². The number of halogens is 2. The molecule has 0 spiro atoms. The number of hydrogen-bond acceptors (Lipinski definition) is 3. The summed E-state index contributed by atoms with van der Waals surface area (Å²) in [5.74, 6) is -1.38. The average molecular weight is 245 g/mol. The van der Waals surface area contributed by atoms with Crippen molar-refractivity contribution in [3.8, 4) is 0 Å². The lowest BCUT2D eigenvalue weighted by molar-refractivity contribution is 0.136. The molecule has 0 amide bonds. The highest BCUT2D eigenvalue weighted by Crippen LogP contribution is 2.17. The van der Waals surface area contributed by atoms with Crippen LogP contribution in [-0.2, 0) is 4.74 Å². The molecule has 96 valence electrons. The van der Waals surface area contributed by atoms with Crippen molar-refractivity contribution in [3.05, 3.63) is 35.4 Å². The predicted molar refractivity (Wildman–Crippen MR) is 60.7 cm³/mol. The molecule has 1 rings (SSSR count). The van der Waals surface area contributed by atoms with Gasteiger partial charge in [0.1, 0.15) is 11.6 Å². The molecule has 5 heteroatoms. The SMILES string of the molecule is CCOCCNCC(O)c1ccc(F)cc1F. The Kier molecular flexibility index (Phi) is 6.04. The summed E-state index contributed by atoms with van der Waals surface area (Å²) >= 11 is 0. The van der Waals surface area contributed by atoms with Crippen molar-refractivity contribution < 1.29 is 18.6 Å². The Morgan fingerprint density at radius 2 is 2.18 bits per heavy atom. The third-order valence-electron chi connectivity index (χ3n) is 2.29. The van der Waals surface area contributed by atoms with Gasteiger partial charge in [0, 0.05) is 31.3 Å². The Labute approximate surface area is 99.4 Å². The first-order valence-corrected chi connectivity index (χ1v) is 5.56. The van der Waals surface area contributed by atoms with Gasteiger partial charge in [0.2, 0.25) is 0 Å². The van der Waals surface area contributed by atoms with Crippen molar-refractivity contribution >= 4 is 0 Å². The molecule has 3 nitrogen and oxygen atoms in total. The van der Waals surface area contributed by atoms with Crippen LogP contribution in [-0.4, -0.2) is 31.4 Å². The molecule has 0 heterocycles. The predicted octanol–water partition coefficient (Wildman–Crippen LogP) is 1.62. The molecular weight excluding hydrogens is 228 g/mol. The monoisotopic (exact) mass is 245 g/mol. The lowest BCUT2D eigenvalue weighted by Gasteiger charge is -2.13. The molecular formula is C12H17F2NO2. The maximum absolute atomic E-state index is 13.3. The number of rotatable bonds is 7. The van der Waals surface area contributed by atoms with Gasteiger partial charge in [-0.3, -0.25) is 0 Å². The largest absolute Gasteiger partial charge is 0.387 e. The summed E-state index contributed by atoms with van der Waals surface area (Å²) in [4.78, 5) is 0. The van der Waals surface area contributed by atoms with Crippen molar-refractivity contribution in [2.24, 2.45) is 0 Å². The second kappa shape index (κ2) is 7.32. The number of aliphatic hydroxyl groups is 1. The zero-order valence-corrected chi connectivity index (χ0v) is 9.75. The Hall–Kier alpha value is -1.04. The molecule has 0 aliphatic rings. The van der Waals surface area contributed by atoms with E-state index in [1.54, 1.807) is 0 Å². The Balaban J connectivity index is 2.38. The minimum Gasteiger partial charge on any atom is -0.387 e. The molecule has 0 aromatic heterocycles. The van der Waals surface area contributed by atoms with E-state index in [1.807, 2.05) is 6.92 Å². The molecule has 1 atom stereocenters. The maximum Gasteiger partial charge on any atom is 0.131 e. The number of ether oxygens (including phenoxy) is 1. The van der Waals surface area contributed by atoms with Gasteiger partial charge in [-0.1, -0.05) is 6.07 Å². The Morgan fingerprint density at radius 3 is 2.82 bits per heavy atom. The van der Waals surface area contributed by atoms with Crippen molar-refractivity contribution in [2.75, 3.05) is 26.3 Å². The van der Waals surface area contributed by atoms with E-state index in [0.717, 1.165) is 12.1 Å². The van der Waals surface area contributed by atoms with E-state index in [1.165, 1.54) is 6.07 Å². The zero-order chi connectivity index (χ0) is 12.7. The summed E-state index contributed by atoms with van der Waals surface area (Å²) in [6.07, 6.45) is -0.989. The Morgan fingerprint density at radius 1 is 1.41 bits per heavy atom. The first kappa shape index (κ1) is 14.0. The Bertz CT molecular complexity index is 347. The van der Waals surface area contributed by atoms with Crippen LogP contribution in [0.5, 0.6) is 0 Å². The fraction of sp³-hybridized carbons (Fsp3) is 0.500. The molecule has 0 bridgehead atoms. The fourth-order valence-electron chi connectivity index (χ4n) is 1.41. The summed E-state index contributed by atoms with van der Waals surface area (Å²) in [7, 11) is 0. The topological polar surface area (TPSA) is 41.5 Å². The minimum absolute atomic E-state index is 0.0929. The van der Waals surface area contributed by atoms with Crippen molar-refractivity contribution in [1.29, 1.82) is 0 Å². The molecule has 0 radical (unpaired) electrons. The van der Waals surface area contributed by atoms with Crippen LogP contribution in [0.15, 0.2) is 18.2 Å². The first-order valence-electron chi connectivity index (χ1n) is 5.56. The molecule has 0 saturated heterocycles. The van der Waals surface area contributed by atoms with Crippen LogP contribution in [0.1, 0.15) is 18.6 Å². The van der Waals surface area contributed by atoms with Gasteiger partial charge in [-0.15, -0.1) is 0 Å². The van der Waals surface area contributed by atoms with Crippen LogP contribution in [0.2, 0.25) is 0 Å². The van der Waals surface area contributed by atoms with E-state index in [-0.39, 0.29) is 12.1 Å². The van der Waals surface area contributed by atoms with Crippen molar-refractivity contribution in [1.82, 2.24) is 5.32 Å². The number of benzene rings is 1. The first-order chi connectivity index (χ1) is 8.15. The van der Waals surface area contributed by atoms with Crippen LogP contribution < -0.4 is 5.32 Å². The second-order valence-corrected chi connectivity index (χ2v) is 3.58. The van der Waals surface area contributed by atoms with Crippen LogP contribution >= 0.6 is 0 Å². The fourth-order valence-corrected chi connectivity index (χ4v) is 1.41. The van der Waals surface area contributed by atoms with Gasteiger partial charge >= 0.3 is 0 Å². The van der Waals surface area contributed by atoms with Crippen LogP contribution in [0.4, 0.5) is 8.78 Å². The summed E-state index contributed by atoms with van der Waals surface area (Å²) < 4.78 is 31.0. The van der Waals surface area contributed by atoms with E-state index in [2.05, 4.69) is 5.32 Å². The molecule has 0 fully saturated rings. The molecule has 2 N–H and O–H groups in total. The maximum atomic E-state index is 13.3. The number of hydrogen-bond donors (Lipinski definition) is 2. The molecule has 17 heavy (non-hydrogen) atoms. The third-order valence-corrected chi connectivity index (χ3v) is 2.29. The van der Waals surface area contributed by atoms with E-state index < -0.39 is 17.7 Å². The van der Waals surface area contributed by atoms with Gasteiger partial charge in [0.25, 0.3) is 0 Å². The zero-order valence-electron chi connectivity index (χ0n) is 9.75. The molecule has 1 unspecified atom stereocenters. The van der Waals surface area contributed by atoms with Gasteiger partial charge in [-0.05, 0) is 13.0 Å². The molecule has 0 aliphatic heterocycles. The lowest BCUT2D eigenvalue weighted by atomic mass is 10.1. The number of aliphatic hydroxyl groups excluding tert-OH is 1. The molecule has 1 aromatic carbocycles. The second-order valence-electron chi connectivity index (χ2n) is 3.58. The molecule has 0 aliphatic carbocycles. The van der Waals surface area contributed by atoms with Gasteiger partial charge in [0.15, 0.2) is 0 Å². The van der Waals surface area contributed by atoms with Gasteiger partial charge < -0.3 is 15.2 Å². The van der Waals surface area contributed by atoms with E-state index in [0.29, 0.717) is 19.8 Å². The molecule has 0 saturated carbocycles. The summed E-state index contributed by atoms with van der Waals surface area (Å²) in [6, 6.07) is 3.14. The van der Waals surface area contributed by atoms with Crippen molar-refractivity contribution in [2.45, 2.75) is 13.0 Å². The van der Waals surface area contributed by atoms with Crippen molar-refractivity contribution in [3.63, 3.8) is 0 Å². The van der Waals surface area contributed by atoms with E-state index in [9.17, 15) is 13.9 Å². The van der Waals surface area contributed by atoms with Crippen LogP contribution in [0, 0.1) is 11.6 Å². The highest BCUT2D eigenvalue weighted by molar-refractivity contribution is 5.21. The summed E-state index contributed by atoms with van der Waals surface area (Å²) in [6.45, 7) is 3.85. The average Bonchev–Trinajstić information content (AvgIpc) is 2.28. The summed E-state index contributed by atoms with van der Waals surface area (Å²) in [5.41, 5.74) is 0.0929. The van der Waals surface area contributed by atoms with Gasteiger partial charge in [0.05, 0.1) is 12.7 Å². The highest BCUT2D eigenvalue weighted by atomic mass is 19.1. The third kappa shape index (κ3) is 4.77. The normalized spacial score (nSPS) is 12.7. The number of nitrogens with one attached hydrogen (secondary N) is 1. The standard InChI is InChI=1S/C12H17F2NO2/c1-2-17-6-5-15-8-12(16)10-4-3-9(13)7-11(10)14/h3-4,7,12,15-16H,2,5-6,8H2,1H3. The molecule has 1 aromatic rings. The lowest BCUT2D eigenvalue weighted by Crippen LogP contribution is -2.25. The summed E-state index contributed by atoms with van der Waals surface area (Å²) in [5, 5.41) is 12.6. The van der Waals surface area contributed by atoms with E-state index >= 15 is 0 Å². The smallest absolute Gasteiger partial charge is 0.131 e. The van der Waals surface area contributed by atoms with Crippen LogP contribution in [0.25, 0.3) is 0 Å². The minimum atomic E-state index is -0.989. The van der Waals surface area contributed by atoms with Gasteiger partial charge in [-0.2, -0.15) is 0 Å². The van der Waals surface area contributed by atoms with Gasteiger partial charge in [-0.25, -0.2) is 8.78 Å². The quantitative estimate of drug-likeness (QED) is 0.717.